The summed E-state index contributed by atoms with van der Waals surface area (Å²) in [5, 5.41) is 0. The Morgan fingerprint density at radius 3 is 2.80 bits per heavy atom. The van der Waals surface area contributed by atoms with Gasteiger partial charge in [-0.25, -0.2) is 9.97 Å². The highest BCUT2D eigenvalue weighted by molar-refractivity contribution is 5.91. The molecular formula is C14H10N6. The molecule has 0 saturated heterocycles. The third-order valence-corrected chi connectivity index (χ3v) is 3.12. The standard InChI is InChI=1S/C14H10N6/c15-11-5-4-10-14(19-11)20-13(18-10)8-2-1-3-9-12(8)17-7-6-16-9/h1-7H,(H3,15,18,19,20). The number of hydrogen-bond donors (Lipinski definition) is 2. The van der Waals surface area contributed by atoms with Crippen molar-refractivity contribution in [2.45, 2.75) is 0 Å². The topological polar surface area (TPSA) is 93.4 Å². The number of imidazole rings is 1. The number of H-pyrrole nitrogens is 1. The number of nitrogen functional groups attached to an aromatic ring is 1. The van der Waals surface area contributed by atoms with E-state index in [9.17, 15) is 0 Å². The van der Waals surface area contributed by atoms with E-state index >= 15 is 0 Å². The van der Waals surface area contributed by atoms with Crippen LogP contribution in [0.5, 0.6) is 0 Å². The zero-order chi connectivity index (χ0) is 13.5. The lowest BCUT2D eigenvalue weighted by Gasteiger charge is -2.01. The zero-order valence-electron chi connectivity index (χ0n) is 10.4. The number of fused-ring (bicyclic) bond motifs is 2. The lowest BCUT2D eigenvalue weighted by atomic mass is 10.1. The average molecular weight is 262 g/mol. The van der Waals surface area contributed by atoms with Gasteiger partial charge >= 0.3 is 0 Å². The Hall–Kier alpha value is -3.02. The van der Waals surface area contributed by atoms with Gasteiger partial charge in [0.2, 0.25) is 0 Å². The van der Waals surface area contributed by atoms with Crippen LogP contribution in [0, 0.1) is 0 Å². The summed E-state index contributed by atoms with van der Waals surface area (Å²) in [6.45, 7) is 0. The van der Waals surface area contributed by atoms with Gasteiger partial charge in [-0.1, -0.05) is 6.07 Å². The Morgan fingerprint density at radius 2 is 1.85 bits per heavy atom. The lowest BCUT2D eigenvalue weighted by Crippen LogP contribution is -1.89. The Bertz CT molecular complexity index is 922. The van der Waals surface area contributed by atoms with Gasteiger partial charge in [0.05, 0.1) is 16.6 Å². The molecule has 0 unspecified atom stereocenters. The molecule has 0 aliphatic carbocycles. The van der Waals surface area contributed by atoms with Crippen molar-refractivity contribution in [3.05, 3.63) is 42.7 Å². The number of hydrogen-bond acceptors (Lipinski definition) is 5. The summed E-state index contributed by atoms with van der Waals surface area (Å²) in [7, 11) is 0. The van der Waals surface area contributed by atoms with Crippen LogP contribution in [0.25, 0.3) is 33.6 Å². The molecule has 96 valence electrons. The number of pyridine rings is 1. The van der Waals surface area contributed by atoms with Crippen molar-refractivity contribution >= 4 is 28.0 Å². The molecule has 6 nitrogen and oxygen atoms in total. The maximum atomic E-state index is 5.68. The summed E-state index contributed by atoms with van der Waals surface area (Å²) in [5.74, 6) is 1.16. The summed E-state index contributed by atoms with van der Waals surface area (Å²) in [6.07, 6.45) is 3.34. The summed E-state index contributed by atoms with van der Waals surface area (Å²) < 4.78 is 0. The van der Waals surface area contributed by atoms with Crippen LogP contribution in [-0.4, -0.2) is 24.9 Å². The fourth-order valence-corrected chi connectivity index (χ4v) is 2.22. The fraction of sp³-hybridized carbons (Fsp3) is 0. The summed E-state index contributed by atoms with van der Waals surface area (Å²) in [5.41, 5.74) is 9.65. The predicted molar refractivity (Wildman–Crippen MR) is 76.8 cm³/mol. The third-order valence-electron chi connectivity index (χ3n) is 3.12. The smallest absolute Gasteiger partial charge is 0.180 e. The molecule has 0 saturated carbocycles. The van der Waals surface area contributed by atoms with Crippen molar-refractivity contribution in [2.75, 3.05) is 5.73 Å². The van der Waals surface area contributed by atoms with E-state index in [1.807, 2.05) is 24.3 Å². The highest BCUT2D eigenvalue weighted by Crippen LogP contribution is 2.25. The van der Waals surface area contributed by atoms with E-state index in [2.05, 4.69) is 24.9 Å². The molecule has 4 aromatic rings. The molecule has 20 heavy (non-hydrogen) atoms. The predicted octanol–water partition coefficient (Wildman–Crippen LogP) is 2.15. The Balaban J connectivity index is 2.01. The average Bonchev–Trinajstić information content (AvgIpc) is 2.89. The molecule has 0 aliphatic heterocycles. The van der Waals surface area contributed by atoms with Crippen LogP contribution >= 0.6 is 0 Å². The van der Waals surface area contributed by atoms with Gasteiger partial charge in [0, 0.05) is 18.0 Å². The minimum atomic E-state index is 0.452. The van der Waals surface area contributed by atoms with E-state index in [-0.39, 0.29) is 0 Å². The maximum Gasteiger partial charge on any atom is 0.180 e. The van der Waals surface area contributed by atoms with Gasteiger partial charge in [0.25, 0.3) is 0 Å². The normalized spacial score (nSPS) is 11.2. The number of nitrogens with zero attached hydrogens (tertiary/aromatic N) is 4. The van der Waals surface area contributed by atoms with Crippen LogP contribution in [0.1, 0.15) is 0 Å². The molecule has 0 aliphatic rings. The quantitative estimate of drug-likeness (QED) is 0.548. The van der Waals surface area contributed by atoms with Crippen molar-refractivity contribution in [1.29, 1.82) is 0 Å². The molecular weight excluding hydrogens is 252 g/mol. The molecule has 0 radical (unpaired) electrons. The molecule has 0 amide bonds. The number of nitrogens with one attached hydrogen (secondary N) is 1. The Labute approximate surface area is 113 Å². The van der Waals surface area contributed by atoms with Crippen molar-refractivity contribution < 1.29 is 0 Å². The monoisotopic (exact) mass is 262 g/mol. The van der Waals surface area contributed by atoms with Crippen molar-refractivity contribution in [1.82, 2.24) is 24.9 Å². The highest BCUT2D eigenvalue weighted by Gasteiger charge is 2.10. The minimum absolute atomic E-state index is 0.452. The molecule has 3 aromatic heterocycles. The van der Waals surface area contributed by atoms with Crippen LogP contribution in [0.15, 0.2) is 42.7 Å². The fourth-order valence-electron chi connectivity index (χ4n) is 2.22. The van der Waals surface area contributed by atoms with Gasteiger partial charge in [0.1, 0.15) is 11.6 Å². The van der Waals surface area contributed by atoms with E-state index in [4.69, 9.17) is 5.73 Å². The second-order valence-electron chi connectivity index (χ2n) is 4.42. The first-order valence-corrected chi connectivity index (χ1v) is 6.13. The largest absolute Gasteiger partial charge is 0.384 e. The van der Waals surface area contributed by atoms with Gasteiger partial charge in [-0.05, 0) is 24.3 Å². The number of aromatic nitrogens is 5. The van der Waals surface area contributed by atoms with Gasteiger partial charge in [-0.3, -0.25) is 9.97 Å². The van der Waals surface area contributed by atoms with Crippen LogP contribution in [0.3, 0.4) is 0 Å². The molecule has 1 aromatic carbocycles. The first-order valence-electron chi connectivity index (χ1n) is 6.13. The van der Waals surface area contributed by atoms with Gasteiger partial charge in [0.15, 0.2) is 5.65 Å². The summed E-state index contributed by atoms with van der Waals surface area (Å²) in [6, 6.07) is 9.42. The summed E-state index contributed by atoms with van der Waals surface area (Å²) >= 11 is 0. The molecule has 6 heteroatoms. The lowest BCUT2D eigenvalue weighted by molar-refractivity contribution is 1.27. The van der Waals surface area contributed by atoms with Crippen LogP contribution in [-0.2, 0) is 0 Å². The number of para-hydroxylation sites is 1. The number of aromatic amines is 1. The van der Waals surface area contributed by atoms with Crippen LogP contribution < -0.4 is 5.73 Å². The molecule has 4 rings (SSSR count). The first-order chi connectivity index (χ1) is 9.81. The molecule has 0 spiro atoms. The molecule has 3 N–H and O–H groups in total. The second-order valence-corrected chi connectivity index (χ2v) is 4.42. The van der Waals surface area contributed by atoms with E-state index in [1.54, 1.807) is 18.5 Å². The number of benzene rings is 1. The number of rotatable bonds is 1. The highest BCUT2D eigenvalue weighted by atomic mass is 15.0. The Morgan fingerprint density at radius 1 is 0.950 bits per heavy atom. The van der Waals surface area contributed by atoms with Crippen molar-refractivity contribution in [2.24, 2.45) is 0 Å². The molecule has 0 atom stereocenters. The SMILES string of the molecule is Nc1ccc2[nH]c(-c3cccc4nccnc34)nc2n1. The summed E-state index contributed by atoms with van der Waals surface area (Å²) in [4.78, 5) is 20.6. The maximum absolute atomic E-state index is 5.68. The van der Waals surface area contributed by atoms with Gasteiger partial charge < -0.3 is 10.7 Å². The Kier molecular flexibility index (Phi) is 2.17. The minimum Gasteiger partial charge on any atom is -0.384 e. The van der Waals surface area contributed by atoms with Crippen LogP contribution in [0.2, 0.25) is 0 Å². The molecule has 0 bridgehead atoms. The number of nitrogens with two attached hydrogens (primary N) is 1. The van der Waals surface area contributed by atoms with E-state index < -0.39 is 0 Å². The van der Waals surface area contributed by atoms with Gasteiger partial charge in [-0.2, -0.15) is 0 Å². The van der Waals surface area contributed by atoms with Crippen molar-refractivity contribution in [3.8, 4) is 11.4 Å². The third kappa shape index (κ3) is 1.58. The van der Waals surface area contributed by atoms with E-state index in [0.717, 1.165) is 22.1 Å². The van der Waals surface area contributed by atoms with Crippen LogP contribution in [0.4, 0.5) is 5.82 Å². The van der Waals surface area contributed by atoms with Gasteiger partial charge in [-0.15, -0.1) is 0 Å². The van der Waals surface area contributed by atoms with E-state index in [0.29, 0.717) is 17.3 Å². The molecule has 3 heterocycles. The van der Waals surface area contributed by atoms with Crippen molar-refractivity contribution in [3.63, 3.8) is 0 Å². The number of anilines is 1. The van der Waals surface area contributed by atoms with E-state index in [1.165, 1.54) is 0 Å². The second kappa shape index (κ2) is 3.99. The zero-order valence-corrected chi connectivity index (χ0v) is 10.4. The first kappa shape index (κ1) is 10.9. The molecule has 0 fully saturated rings.